The third-order valence-electron chi connectivity index (χ3n) is 10.6. The molecule has 5 heteroatoms. The Balaban J connectivity index is 1.50. The van der Waals surface area contributed by atoms with Crippen LogP contribution in [0.15, 0.2) is 134 Å². The SMILES string of the molecule is Cc1c(O[Si](C)(C)C(C)(C)C)ccc2cc(C(O)(c3cn(C(c4ccccc4)(c4ccccc4)c4ccccc4)cn3)C(C)C)ccc12. The van der Waals surface area contributed by atoms with E-state index in [1.807, 2.05) is 30.7 Å². The maximum Gasteiger partial charge on any atom is 0.250 e. The van der Waals surface area contributed by atoms with Gasteiger partial charge in [-0.15, -0.1) is 0 Å². The zero-order chi connectivity index (χ0) is 34.3. The number of imidazole rings is 1. The lowest BCUT2D eigenvalue weighted by atomic mass is 9.76. The monoisotopic (exact) mass is 652 g/mol. The van der Waals surface area contributed by atoms with Gasteiger partial charge in [-0.2, -0.15) is 0 Å². The van der Waals surface area contributed by atoms with Crippen molar-refractivity contribution in [3.05, 3.63) is 167 Å². The molecular weight excluding hydrogens is 605 g/mol. The molecule has 0 bridgehead atoms. The number of aryl methyl sites for hydroxylation is 1. The Morgan fingerprint density at radius 2 is 1.23 bits per heavy atom. The van der Waals surface area contributed by atoms with Gasteiger partial charge in [-0.1, -0.05) is 144 Å². The number of aliphatic hydroxyl groups is 1. The number of rotatable bonds is 9. The van der Waals surface area contributed by atoms with E-state index in [4.69, 9.17) is 9.41 Å². The van der Waals surface area contributed by atoms with E-state index >= 15 is 0 Å². The Labute approximate surface area is 287 Å². The van der Waals surface area contributed by atoms with Gasteiger partial charge in [-0.25, -0.2) is 4.98 Å². The van der Waals surface area contributed by atoms with Crippen LogP contribution >= 0.6 is 0 Å². The first kappa shape index (κ1) is 33.4. The minimum atomic E-state index is -2.00. The van der Waals surface area contributed by atoms with Crippen molar-refractivity contribution in [2.75, 3.05) is 0 Å². The molecule has 0 amide bonds. The number of fused-ring (bicyclic) bond motifs is 1. The zero-order valence-electron chi connectivity index (χ0n) is 29.5. The minimum Gasteiger partial charge on any atom is -0.543 e. The van der Waals surface area contributed by atoms with Crippen molar-refractivity contribution in [1.82, 2.24) is 9.55 Å². The normalized spacial score (nSPS) is 13.9. The van der Waals surface area contributed by atoms with Crippen molar-refractivity contribution in [1.29, 1.82) is 0 Å². The van der Waals surface area contributed by atoms with Gasteiger partial charge in [-0.3, -0.25) is 0 Å². The molecule has 5 aromatic carbocycles. The van der Waals surface area contributed by atoms with Crippen LogP contribution in [0.2, 0.25) is 18.1 Å². The summed E-state index contributed by atoms with van der Waals surface area (Å²) in [6, 6.07) is 42.2. The Hall–Kier alpha value is -4.45. The fourth-order valence-corrected chi connectivity index (χ4v) is 7.78. The Kier molecular flexibility index (Phi) is 8.73. The molecule has 1 unspecified atom stereocenters. The standard InChI is InChI=1S/C43H48N2O2Si/c1-31(2)43(46,37-25-26-38-32(3)39(27-24-33(38)28-37)47-48(7,8)41(4,5)6)40-29-45(30-44-40)42(34-18-12-9-13-19-34,35-20-14-10-15-21-35)36-22-16-11-17-23-36/h9-31,46H,1-8H3. The molecule has 246 valence electrons. The molecule has 1 aromatic heterocycles. The lowest BCUT2D eigenvalue weighted by Gasteiger charge is -2.37. The van der Waals surface area contributed by atoms with E-state index in [-0.39, 0.29) is 11.0 Å². The first-order valence-corrected chi connectivity index (χ1v) is 19.9. The summed E-state index contributed by atoms with van der Waals surface area (Å²) in [5.74, 6) is 0.791. The Morgan fingerprint density at radius 1 is 0.708 bits per heavy atom. The second kappa shape index (κ2) is 12.5. The quantitative estimate of drug-likeness (QED) is 0.125. The topological polar surface area (TPSA) is 47.3 Å². The first-order chi connectivity index (χ1) is 22.8. The highest BCUT2D eigenvalue weighted by molar-refractivity contribution is 6.74. The van der Waals surface area contributed by atoms with Crippen molar-refractivity contribution in [3.63, 3.8) is 0 Å². The number of aromatic nitrogens is 2. The largest absolute Gasteiger partial charge is 0.543 e. The molecule has 4 nitrogen and oxygen atoms in total. The second-order valence-electron chi connectivity index (χ2n) is 14.9. The summed E-state index contributed by atoms with van der Waals surface area (Å²) >= 11 is 0. The van der Waals surface area contributed by atoms with Crippen LogP contribution in [0.3, 0.4) is 0 Å². The van der Waals surface area contributed by atoms with Crippen molar-refractivity contribution in [2.45, 2.75) is 70.8 Å². The summed E-state index contributed by atoms with van der Waals surface area (Å²) in [6.45, 7) is 17.6. The maximum absolute atomic E-state index is 12.8. The number of hydrogen-bond acceptors (Lipinski definition) is 3. The fourth-order valence-electron chi connectivity index (χ4n) is 6.71. The van der Waals surface area contributed by atoms with E-state index in [1.165, 1.54) is 0 Å². The predicted octanol–water partition coefficient (Wildman–Crippen LogP) is 10.5. The van der Waals surface area contributed by atoms with Crippen LogP contribution in [0, 0.1) is 12.8 Å². The van der Waals surface area contributed by atoms with Gasteiger partial charge in [0.05, 0.1) is 12.0 Å². The van der Waals surface area contributed by atoms with Gasteiger partial charge < -0.3 is 14.1 Å². The van der Waals surface area contributed by atoms with E-state index in [0.29, 0.717) is 5.69 Å². The summed E-state index contributed by atoms with van der Waals surface area (Å²) in [7, 11) is -2.00. The van der Waals surface area contributed by atoms with Crippen LogP contribution in [0.25, 0.3) is 10.8 Å². The third-order valence-corrected chi connectivity index (χ3v) is 15.0. The lowest BCUT2D eigenvalue weighted by molar-refractivity contribution is 0.0279. The second-order valence-corrected chi connectivity index (χ2v) is 19.6. The van der Waals surface area contributed by atoms with Crippen molar-refractivity contribution in [2.24, 2.45) is 5.92 Å². The van der Waals surface area contributed by atoms with Crippen LogP contribution in [-0.4, -0.2) is 23.0 Å². The molecule has 0 saturated carbocycles. The highest BCUT2D eigenvalue weighted by Gasteiger charge is 2.43. The molecule has 1 atom stereocenters. The van der Waals surface area contributed by atoms with Gasteiger partial charge in [0.25, 0.3) is 0 Å². The van der Waals surface area contributed by atoms with E-state index < -0.39 is 19.5 Å². The average molecular weight is 653 g/mol. The van der Waals surface area contributed by atoms with Crippen LogP contribution in [0.1, 0.15) is 68.1 Å². The first-order valence-electron chi connectivity index (χ1n) is 17.0. The molecule has 0 radical (unpaired) electrons. The van der Waals surface area contributed by atoms with Gasteiger partial charge in [0.2, 0.25) is 8.32 Å². The Bertz CT molecular complexity index is 1910. The van der Waals surface area contributed by atoms with Crippen LogP contribution < -0.4 is 4.43 Å². The molecule has 0 aliphatic carbocycles. The molecule has 0 saturated heterocycles. The molecule has 0 aliphatic heterocycles. The maximum atomic E-state index is 12.8. The minimum absolute atomic E-state index is 0.106. The highest BCUT2D eigenvalue weighted by Crippen LogP contribution is 2.44. The smallest absolute Gasteiger partial charge is 0.250 e. The summed E-state index contributed by atoms with van der Waals surface area (Å²) < 4.78 is 8.90. The third kappa shape index (κ3) is 5.59. The van der Waals surface area contributed by atoms with Crippen molar-refractivity contribution in [3.8, 4) is 5.75 Å². The van der Waals surface area contributed by atoms with E-state index in [0.717, 1.165) is 44.3 Å². The predicted molar refractivity (Wildman–Crippen MR) is 201 cm³/mol. The van der Waals surface area contributed by atoms with E-state index in [9.17, 15) is 5.11 Å². The summed E-state index contributed by atoms with van der Waals surface area (Å²) in [5, 5.41) is 15.1. The van der Waals surface area contributed by atoms with E-state index in [2.05, 4.69) is 162 Å². The highest BCUT2D eigenvalue weighted by atomic mass is 28.4. The average Bonchev–Trinajstić information content (AvgIpc) is 3.58. The molecule has 6 aromatic rings. The van der Waals surface area contributed by atoms with Crippen LogP contribution in [0.4, 0.5) is 0 Å². The lowest BCUT2D eigenvalue weighted by Crippen LogP contribution is -2.44. The van der Waals surface area contributed by atoms with Gasteiger partial charge in [0.1, 0.15) is 16.9 Å². The van der Waals surface area contributed by atoms with Gasteiger partial charge >= 0.3 is 0 Å². The molecule has 0 fully saturated rings. The van der Waals surface area contributed by atoms with Crippen molar-refractivity contribution >= 4 is 19.1 Å². The van der Waals surface area contributed by atoms with Gasteiger partial charge in [-0.05, 0) is 81.7 Å². The van der Waals surface area contributed by atoms with Gasteiger partial charge in [0.15, 0.2) is 0 Å². The summed E-state index contributed by atoms with van der Waals surface area (Å²) in [6.07, 6.45) is 3.92. The van der Waals surface area contributed by atoms with Crippen LogP contribution in [-0.2, 0) is 11.1 Å². The van der Waals surface area contributed by atoms with Crippen LogP contribution in [0.5, 0.6) is 5.75 Å². The molecule has 48 heavy (non-hydrogen) atoms. The van der Waals surface area contributed by atoms with Crippen molar-refractivity contribution < 1.29 is 9.53 Å². The molecule has 0 aliphatic rings. The summed E-state index contributed by atoms with van der Waals surface area (Å²) in [4.78, 5) is 5.00. The Morgan fingerprint density at radius 3 is 1.71 bits per heavy atom. The number of benzene rings is 5. The fraction of sp³-hybridized carbons (Fsp3) is 0.279. The molecule has 6 rings (SSSR count). The van der Waals surface area contributed by atoms with E-state index in [1.54, 1.807) is 0 Å². The molecule has 1 N–H and O–H groups in total. The number of nitrogens with zero attached hydrogens (tertiary/aromatic N) is 2. The summed E-state index contributed by atoms with van der Waals surface area (Å²) in [5.41, 5.74) is 3.83. The van der Waals surface area contributed by atoms with Gasteiger partial charge in [0, 0.05) is 6.20 Å². The molecule has 0 spiro atoms. The number of hydrogen-bond donors (Lipinski definition) is 1. The zero-order valence-corrected chi connectivity index (χ0v) is 30.5. The molecular formula is C43H48N2O2Si. The molecule has 1 heterocycles.